The maximum Gasteiger partial charge on any atom is 0.0831 e. The molecule has 0 aromatic rings. The molecule has 0 amide bonds. The van der Waals surface area contributed by atoms with Crippen molar-refractivity contribution in [1.29, 1.82) is 0 Å². The Balaban J connectivity index is 2.02. The van der Waals surface area contributed by atoms with Gasteiger partial charge in [-0.3, -0.25) is 4.90 Å². The average molecular weight is 212 g/mol. The van der Waals surface area contributed by atoms with E-state index in [1.807, 2.05) is 0 Å². The second kappa shape index (κ2) is 5.28. The summed E-state index contributed by atoms with van der Waals surface area (Å²) in [6.45, 7) is 5.20. The molecule has 2 aliphatic heterocycles. The quantitative estimate of drug-likeness (QED) is 0.716. The van der Waals surface area contributed by atoms with Gasteiger partial charge in [-0.1, -0.05) is 19.8 Å². The summed E-state index contributed by atoms with van der Waals surface area (Å²) in [6, 6.07) is 1.07. The van der Waals surface area contributed by atoms with E-state index in [9.17, 15) is 5.11 Å². The van der Waals surface area contributed by atoms with Crippen LogP contribution in [0.2, 0.25) is 0 Å². The molecule has 0 bridgehead atoms. The summed E-state index contributed by atoms with van der Waals surface area (Å²) in [5, 5.41) is 13.2. The molecule has 0 saturated carbocycles. The van der Waals surface area contributed by atoms with E-state index in [-0.39, 0.29) is 6.10 Å². The van der Waals surface area contributed by atoms with Crippen molar-refractivity contribution < 1.29 is 5.11 Å². The predicted octanol–water partition coefficient (Wildman–Crippen LogP) is 0.974. The predicted molar refractivity (Wildman–Crippen MR) is 61.9 cm³/mol. The van der Waals surface area contributed by atoms with Crippen LogP contribution in [0, 0.1) is 0 Å². The zero-order valence-electron chi connectivity index (χ0n) is 9.78. The van der Waals surface area contributed by atoms with Gasteiger partial charge in [0, 0.05) is 25.2 Å². The summed E-state index contributed by atoms with van der Waals surface area (Å²) in [5.41, 5.74) is 0. The van der Waals surface area contributed by atoms with Crippen LogP contribution in [0.25, 0.3) is 0 Å². The number of aliphatic hydroxyl groups is 1. The molecule has 3 atom stereocenters. The Hall–Kier alpha value is -0.120. The highest BCUT2D eigenvalue weighted by Crippen LogP contribution is 2.23. The van der Waals surface area contributed by atoms with E-state index >= 15 is 0 Å². The minimum absolute atomic E-state index is 0.155. The zero-order chi connectivity index (χ0) is 10.7. The number of aliphatic hydroxyl groups excluding tert-OH is 1. The van der Waals surface area contributed by atoms with Crippen molar-refractivity contribution >= 4 is 0 Å². The van der Waals surface area contributed by atoms with E-state index in [1.54, 1.807) is 0 Å². The molecule has 2 heterocycles. The first-order valence-electron chi connectivity index (χ1n) is 6.47. The molecule has 88 valence electrons. The van der Waals surface area contributed by atoms with Gasteiger partial charge < -0.3 is 10.4 Å². The Morgan fingerprint density at radius 2 is 2.13 bits per heavy atom. The van der Waals surface area contributed by atoms with Gasteiger partial charge in [0.15, 0.2) is 0 Å². The molecule has 2 aliphatic rings. The number of nitrogens with zero attached hydrogens (tertiary/aromatic N) is 1. The second-order valence-electron chi connectivity index (χ2n) is 4.94. The molecule has 0 aromatic carbocycles. The molecular weight excluding hydrogens is 188 g/mol. The maximum absolute atomic E-state index is 9.94. The molecule has 0 spiro atoms. The van der Waals surface area contributed by atoms with Gasteiger partial charge in [0.05, 0.1) is 6.10 Å². The molecule has 3 nitrogen and oxygen atoms in total. The fourth-order valence-electron chi connectivity index (χ4n) is 3.06. The Morgan fingerprint density at radius 1 is 1.27 bits per heavy atom. The van der Waals surface area contributed by atoms with Crippen LogP contribution in [0.5, 0.6) is 0 Å². The Labute approximate surface area is 92.8 Å². The van der Waals surface area contributed by atoms with Crippen LogP contribution >= 0.6 is 0 Å². The van der Waals surface area contributed by atoms with Crippen LogP contribution in [-0.2, 0) is 0 Å². The van der Waals surface area contributed by atoms with Crippen LogP contribution in [0.4, 0.5) is 0 Å². The molecule has 3 unspecified atom stereocenters. The number of hydrogen-bond donors (Lipinski definition) is 2. The van der Waals surface area contributed by atoms with Crippen LogP contribution in [-0.4, -0.2) is 47.8 Å². The van der Waals surface area contributed by atoms with Crippen molar-refractivity contribution in [2.24, 2.45) is 0 Å². The monoisotopic (exact) mass is 212 g/mol. The summed E-state index contributed by atoms with van der Waals surface area (Å²) in [6.07, 6.45) is 6.43. The number of likely N-dealkylation sites (tertiary alicyclic amines) is 1. The van der Waals surface area contributed by atoms with E-state index in [2.05, 4.69) is 17.1 Å². The van der Waals surface area contributed by atoms with Crippen LogP contribution < -0.4 is 5.32 Å². The lowest BCUT2D eigenvalue weighted by Crippen LogP contribution is -2.48. The van der Waals surface area contributed by atoms with Crippen molar-refractivity contribution in [2.75, 3.05) is 19.6 Å². The molecule has 0 aromatic heterocycles. The normalized spacial score (nSPS) is 39.2. The van der Waals surface area contributed by atoms with Crippen LogP contribution in [0.1, 0.15) is 39.0 Å². The molecule has 3 heteroatoms. The molecule has 2 fully saturated rings. The molecule has 15 heavy (non-hydrogen) atoms. The first-order valence-corrected chi connectivity index (χ1v) is 6.47. The molecule has 0 radical (unpaired) electrons. The molecule has 2 N–H and O–H groups in total. The van der Waals surface area contributed by atoms with E-state index in [4.69, 9.17) is 0 Å². The number of nitrogens with one attached hydrogen (secondary N) is 1. The number of hydrogen-bond acceptors (Lipinski definition) is 3. The summed E-state index contributed by atoms with van der Waals surface area (Å²) in [7, 11) is 0. The smallest absolute Gasteiger partial charge is 0.0831 e. The first kappa shape index (κ1) is 11.4. The standard InChI is InChI=1S/C12H24N2O/c1-2-10-6-4-3-5-7-14(10)11-8-13-9-12(11)15/h10-13,15H,2-9H2,1H3. The minimum atomic E-state index is -0.155. The van der Waals surface area contributed by atoms with Crippen molar-refractivity contribution in [3.8, 4) is 0 Å². The van der Waals surface area contributed by atoms with E-state index in [1.165, 1.54) is 38.6 Å². The van der Waals surface area contributed by atoms with Crippen molar-refractivity contribution in [3.63, 3.8) is 0 Å². The first-order chi connectivity index (χ1) is 7.33. The molecule has 2 rings (SSSR count). The number of rotatable bonds is 2. The third-order valence-electron chi connectivity index (χ3n) is 3.97. The highest BCUT2D eigenvalue weighted by atomic mass is 16.3. The molecular formula is C12H24N2O. The van der Waals surface area contributed by atoms with Gasteiger partial charge in [-0.25, -0.2) is 0 Å². The van der Waals surface area contributed by atoms with E-state index in [0.29, 0.717) is 12.1 Å². The van der Waals surface area contributed by atoms with Crippen LogP contribution in [0.15, 0.2) is 0 Å². The van der Waals surface area contributed by atoms with Gasteiger partial charge in [0.2, 0.25) is 0 Å². The van der Waals surface area contributed by atoms with Crippen molar-refractivity contribution in [3.05, 3.63) is 0 Å². The second-order valence-corrected chi connectivity index (χ2v) is 4.94. The number of β-amino-alcohol motifs (C(OH)–C–C–N with tert-alkyl or cyclic N) is 1. The summed E-state index contributed by atoms with van der Waals surface area (Å²) < 4.78 is 0. The fourth-order valence-corrected chi connectivity index (χ4v) is 3.06. The summed E-state index contributed by atoms with van der Waals surface area (Å²) in [5.74, 6) is 0. The fraction of sp³-hybridized carbons (Fsp3) is 1.00. The van der Waals surface area contributed by atoms with Gasteiger partial charge in [-0.15, -0.1) is 0 Å². The lowest BCUT2D eigenvalue weighted by molar-refractivity contribution is 0.0539. The van der Waals surface area contributed by atoms with Gasteiger partial charge in [0.1, 0.15) is 0 Å². The van der Waals surface area contributed by atoms with Gasteiger partial charge >= 0.3 is 0 Å². The summed E-state index contributed by atoms with van der Waals surface area (Å²) >= 11 is 0. The average Bonchev–Trinajstić information content (AvgIpc) is 2.54. The minimum Gasteiger partial charge on any atom is -0.390 e. The van der Waals surface area contributed by atoms with E-state index < -0.39 is 0 Å². The Kier molecular flexibility index (Phi) is 4.00. The zero-order valence-corrected chi connectivity index (χ0v) is 9.78. The largest absolute Gasteiger partial charge is 0.390 e. The van der Waals surface area contributed by atoms with Gasteiger partial charge in [-0.2, -0.15) is 0 Å². The molecule has 2 saturated heterocycles. The highest BCUT2D eigenvalue weighted by Gasteiger charge is 2.34. The Morgan fingerprint density at radius 3 is 2.80 bits per heavy atom. The third kappa shape index (κ3) is 2.52. The topological polar surface area (TPSA) is 35.5 Å². The van der Waals surface area contributed by atoms with Gasteiger partial charge in [0.25, 0.3) is 0 Å². The van der Waals surface area contributed by atoms with Crippen molar-refractivity contribution in [2.45, 2.75) is 57.2 Å². The van der Waals surface area contributed by atoms with E-state index in [0.717, 1.165) is 13.1 Å². The highest BCUT2D eigenvalue weighted by molar-refractivity contribution is 4.92. The van der Waals surface area contributed by atoms with Crippen LogP contribution in [0.3, 0.4) is 0 Å². The lowest BCUT2D eigenvalue weighted by atomic mass is 10.0. The Bertz CT molecular complexity index is 198. The maximum atomic E-state index is 9.94. The lowest BCUT2D eigenvalue weighted by Gasteiger charge is -2.35. The molecule has 0 aliphatic carbocycles. The van der Waals surface area contributed by atoms with Crippen molar-refractivity contribution in [1.82, 2.24) is 10.2 Å². The van der Waals surface area contributed by atoms with Gasteiger partial charge in [-0.05, 0) is 25.8 Å². The third-order valence-corrected chi connectivity index (χ3v) is 3.97. The SMILES string of the molecule is CCC1CCCCCN1C1CNCC1O. The summed E-state index contributed by atoms with van der Waals surface area (Å²) in [4.78, 5) is 2.57.